The summed E-state index contributed by atoms with van der Waals surface area (Å²) < 4.78 is 0. The SMILES string of the molecule is CCN(CC)Cc1ccccc1P(c1ccccc1)c1ccccc1P(c1ccccc1)c1ccccc1. The highest BCUT2D eigenvalue weighted by molar-refractivity contribution is 7.85. The highest BCUT2D eigenvalue weighted by Gasteiger charge is 2.26. The molecule has 0 spiro atoms. The van der Waals surface area contributed by atoms with Crippen molar-refractivity contribution in [2.75, 3.05) is 13.1 Å². The molecule has 0 heterocycles. The molecule has 0 aliphatic heterocycles. The summed E-state index contributed by atoms with van der Waals surface area (Å²) in [4.78, 5) is 2.52. The molecule has 0 saturated carbocycles. The summed E-state index contributed by atoms with van der Waals surface area (Å²) in [6, 6.07) is 51.7. The molecule has 0 aromatic heterocycles. The normalized spacial score (nSPS) is 12.1. The predicted molar refractivity (Wildman–Crippen MR) is 170 cm³/mol. The number of rotatable bonds is 10. The summed E-state index contributed by atoms with van der Waals surface area (Å²) in [5, 5.41) is 8.55. The van der Waals surface area contributed by atoms with Gasteiger partial charge in [0, 0.05) is 6.54 Å². The van der Waals surface area contributed by atoms with Crippen LogP contribution in [0.5, 0.6) is 0 Å². The molecule has 5 aromatic rings. The summed E-state index contributed by atoms with van der Waals surface area (Å²) in [6.07, 6.45) is 0. The summed E-state index contributed by atoms with van der Waals surface area (Å²) in [5.41, 5.74) is 1.43. The second-order valence-electron chi connectivity index (χ2n) is 9.26. The van der Waals surface area contributed by atoms with E-state index in [1.165, 1.54) is 37.4 Å². The monoisotopic (exact) mass is 531 g/mol. The lowest BCUT2D eigenvalue weighted by Crippen LogP contribution is -2.36. The summed E-state index contributed by atoms with van der Waals surface area (Å²) in [6.45, 7) is 7.60. The fourth-order valence-corrected chi connectivity index (χ4v) is 10.4. The molecule has 0 amide bonds. The minimum atomic E-state index is -0.752. The Bertz CT molecular complexity index is 1380. The molecule has 0 radical (unpaired) electrons. The van der Waals surface area contributed by atoms with E-state index in [2.05, 4.69) is 158 Å². The van der Waals surface area contributed by atoms with Crippen LogP contribution in [-0.2, 0) is 6.54 Å². The Hall–Kier alpha value is -3.08. The molecule has 0 aliphatic carbocycles. The minimum Gasteiger partial charge on any atom is -0.300 e. The third kappa shape index (κ3) is 5.98. The third-order valence-corrected chi connectivity index (χ3v) is 12.2. The zero-order valence-electron chi connectivity index (χ0n) is 22.2. The van der Waals surface area contributed by atoms with Crippen LogP contribution < -0.4 is 31.8 Å². The van der Waals surface area contributed by atoms with Crippen molar-refractivity contribution in [1.29, 1.82) is 0 Å². The van der Waals surface area contributed by atoms with Crippen LogP contribution in [0, 0.1) is 0 Å². The minimum absolute atomic E-state index is 0.707. The van der Waals surface area contributed by atoms with Crippen molar-refractivity contribution in [1.82, 2.24) is 4.90 Å². The van der Waals surface area contributed by atoms with Gasteiger partial charge in [0.1, 0.15) is 0 Å². The molecule has 0 fully saturated rings. The lowest BCUT2D eigenvalue weighted by atomic mass is 10.2. The molecule has 0 saturated heterocycles. The van der Waals surface area contributed by atoms with Crippen molar-refractivity contribution in [2.24, 2.45) is 0 Å². The van der Waals surface area contributed by atoms with Crippen LogP contribution in [-0.4, -0.2) is 18.0 Å². The van der Waals surface area contributed by atoms with Gasteiger partial charge in [0.2, 0.25) is 0 Å². The van der Waals surface area contributed by atoms with E-state index in [1.54, 1.807) is 0 Å². The molecule has 38 heavy (non-hydrogen) atoms. The van der Waals surface area contributed by atoms with Crippen LogP contribution >= 0.6 is 15.8 Å². The van der Waals surface area contributed by atoms with E-state index in [4.69, 9.17) is 0 Å². The molecule has 0 aliphatic rings. The number of benzene rings is 5. The standard InChI is InChI=1S/C35H35NP2/c1-3-36(4-2)28-29-18-14-15-25-33(29)38(32-23-12-7-13-24-32)35-27-17-16-26-34(35)37(30-19-8-5-9-20-30)31-21-10-6-11-22-31/h5-27H,3-4,28H2,1-2H3. The van der Waals surface area contributed by atoms with Gasteiger partial charge in [-0.05, 0) is 66.3 Å². The van der Waals surface area contributed by atoms with Gasteiger partial charge in [-0.15, -0.1) is 0 Å². The largest absolute Gasteiger partial charge is 0.300 e. The van der Waals surface area contributed by atoms with Crippen molar-refractivity contribution in [2.45, 2.75) is 20.4 Å². The fourth-order valence-electron chi connectivity index (χ4n) is 4.96. The molecule has 0 bridgehead atoms. The highest BCUT2D eigenvalue weighted by atomic mass is 31.1. The molecule has 5 aromatic carbocycles. The van der Waals surface area contributed by atoms with Gasteiger partial charge in [-0.25, -0.2) is 0 Å². The molecule has 5 rings (SSSR count). The van der Waals surface area contributed by atoms with E-state index in [0.29, 0.717) is 0 Å². The van der Waals surface area contributed by atoms with Crippen molar-refractivity contribution in [3.05, 3.63) is 145 Å². The van der Waals surface area contributed by atoms with E-state index in [-0.39, 0.29) is 0 Å². The summed E-state index contributed by atoms with van der Waals surface area (Å²) >= 11 is 0. The van der Waals surface area contributed by atoms with Gasteiger partial charge in [0.15, 0.2) is 0 Å². The second kappa shape index (κ2) is 13.1. The average molecular weight is 532 g/mol. The van der Waals surface area contributed by atoms with Gasteiger partial charge in [0.25, 0.3) is 0 Å². The van der Waals surface area contributed by atoms with E-state index in [9.17, 15) is 0 Å². The first-order valence-corrected chi connectivity index (χ1v) is 16.1. The molecule has 1 unspecified atom stereocenters. The van der Waals surface area contributed by atoms with Crippen LogP contribution in [0.4, 0.5) is 0 Å². The summed E-state index contributed by atoms with van der Waals surface area (Å²) in [7, 11) is -1.46. The Morgan fingerprint density at radius 1 is 0.421 bits per heavy atom. The van der Waals surface area contributed by atoms with Crippen LogP contribution in [0.3, 0.4) is 0 Å². The zero-order valence-corrected chi connectivity index (χ0v) is 24.0. The Morgan fingerprint density at radius 2 is 0.789 bits per heavy atom. The first-order valence-electron chi connectivity index (χ1n) is 13.4. The predicted octanol–water partition coefficient (Wildman–Crippen LogP) is 6.04. The van der Waals surface area contributed by atoms with Gasteiger partial charge in [-0.1, -0.05) is 153 Å². The van der Waals surface area contributed by atoms with E-state index in [0.717, 1.165) is 19.6 Å². The zero-order chi connectivity index (χ0) is 26.2. The Kier molecular flexibility index (Phi) is 9.16. The molecule has 0 N–H and O–H groups in total. The van der Waals surface area contributed by atoms with Crippen LogP contribution in [0.25, 0.3) is 0 Å². The van der Waals surface area contributed by atoms with Crippen LogP contribution in [0.1, 0.15) is 19.4 Å². The maximum absolute atomic E-state index is 2.52. The average Bonchev–Trinajstić information content (AvgIpc) is 2.99. The van der Waals surface area contributed by atoms with E-state index in [1.807, 2.05) is 0 Å². The highest BCUT2D eigenvalue weighted by Crippen LogP contribution is 2.39. The van der Waals surface area contributed by atoms with E-state index < -0.39 is 15.8 Å². The quantitative estimate of drug-likeness (QED) is 0.199. The topological polar surface area (TPSA) is 3.24 Å². The molecular formula is C35H35NP2. The molecule has 1 nitrogen and oxygen atoms in total. The molecule has 190 valence electrons. The molecule has 1 atom stereocenters. The number of hydrogen-bond acceptors (Lipinski definition) is 1. The maximum atomic E-state index is 2.52. The van der Waals surface area contributed by atoms with Crippen molar-refractivity contribution < 1.29 is 0 Å². The Morgan fingerprint density at radius 3 is 1.26 bits per heavy atom. The van der Waals surface area contributed by atoms with Gasteiger partial charge < -0.3 is 0 Å². The number of nitrogens with zero attached hydrogens (tertiary/aromatic N) is 1. The smallest absolute Gasteiger partial charge is 0.0240 e. The van der Waals surface area contributed by atoms with Gasteiger partial charge in [0.05, 0.1) is 0 Å². The maximum Gasteiger partial charge on any atom is 0.0240 e. The lowest BCUT2D eigenvalue weighted by Gasteiger charge is -2.29. The van der Waals surface area contributed by atoms with Crippen LogP contribution in [0.2, 0.25) is 0 Å². The van der Waals surface area contributed by atoms with Crippen molar-refractivity contribution >= 4 is 47.7 Å². The Labute approximate surface area is 230 Å². The summed E-state index contributed by atoms with van der Waals surface area (Å²) in [5.74, 6) is 0. The molecular weight excluding hydrogens is 496 g/mol. The first kappa shape index (κ1) is 26.5. The number of hydrogen-bond donors (Lipinski definition) is 0. The van der Waals surface area contributed by atoms with Gasteiger partial charge in [-0.3, -0.25) is 4.90 Å². The van der Waals surface area contributed by atoms with E-state index >= 15 is 0 Å². The molecule has 3 heteroatoms. The van der Waals surface area contributed by atoms with Crippen molar-refractivity contribution in [3.63, 3.8) is 0 Å². The van der Waals surface area contributed by atoms with Gasteiger partial charge in [-0.2, -0.15) is 0 Å². The first-order chi connectivity index (χ1) is 18.8. The second-order valence-corrected chi connectivity index (χ2v) is 13.6. The third-order valence-electron chi connectivity index (χ3n) is 6.93. The Balaban J connectivity index is 1.73. The van der Waals surface area contributed by atoms with Crippen LogP contribution in [0.15, 0.2) is 140 Å². The van der Waals surface area contributed by atoms with Crippen molar-refractivity contribution in [3.8, 4) is 0 Å². The lowest BCUT2D eigenvalue weighted by molar-refractivity contribution is 0.296. The fraction of sp³-hybridized carbons (Fsp3) is 0.143. The van der Waals surface area contributed by atoms with Gasteiger partial charge >= 0.3 is 0 Å².